The minimum Gasteiger partial charge on any atom is -0.480 e. The molecule has 0 aliphatic rings. The zero-order chi connectivity index (χ0) is 14.8. The fraction of sp³-hybridized carbons (Fsp3) is 0. The van der Waals surface area contributed by atoms with Crippen molar-refractivity contribution in [2.75, 3.05) is 0 Å². The molecule has 1 aromatic heterocycles. The summed E-state index contributed by atoms with van der Waals surface area (Å²) in [5.74, 6) is -1.03. The molecule has 0 aliphatic heterocycles. The van der Waals surface area contributed by atoms with Gasteiger partial charge in [-0.15, -0.1) is 10.2 Å². The summed E-state index contributed by atoms with van der Waals surface area (Å²) in [4.78, 5) is 11.8. The Morgan fingerprint density at radius 2 is 1.62 bits per heavy atom. The average Bonchev–Trinajstić information content (AvgIpc) is 2.49. The van der Waals surface area contributed by atoms with E-state index in [4.69, 9.17) is 4.42 Å². The molecule has 0 bridgehead atoms. The third-order valence-corrected chi connectivity index (χ3v) is 2.91. The number of halogens is 1. The van der Waals surface area contributed by atoms with Crippen LogP contribution in [0.2, 0.25) is 0 Å². The van der Waals surface area contributed by atoms with Gasteiger partial charge in [0.05, 0.1) is 5.39 Å². The number of hydrogen-bond acceptors (Lipinski definition) is 5. The molecule has 6 heteroatoms. The first-order chi connectivity index (χ1) is 10.2. The van der Waals surface area contributed by atoms with Crippen molar-refractivity contribution >= 4 is 22.1 Å². The molecule has 0 saturated heterocycles. The summed E-state index contributed by atoms with van der Waals surface area (Å²) in [6.07, 6.45) is 0. The first-order valence-electron chi connectivity index (χ1n) is 6.08. The summed E-state index contributed by atoms with van der Waals surface area (Å²) in [6.45, 7) is 0. The van der Waals surface area contributed by atoms with Crippen LogP contribution in [-0.4, -0.2) is 5.11 Å². The van der Waals surface area contributed by atoms with Crippen molar-refractivity contribution in [3.05, 3.63) is 64.8 Å². The third kappa shape index (κ3) is 2.38. The highest BCUT2D eigenvalue weighted by atomic mass is 19.1. The lowest BCUT2D eigenvalue weighted by Gasteiger charge is -2.01. The Kier molecular flexibility index (Phi) is 3.19. The smallest absolute Gasteiger partial charge is 0.367 e. The quantitative estimate of drug-likeness (QED) is 0.721. The molecule has 0 amide bonds. The van der Waals surface area contributed by atoms with Crippen molar-refractivity contribution in [2.45, 2.75) is 0 Å². The zero-order valence-corrected chi connectivity index (χ0v) is 10.7. The SMILES string of the molecule is O=c1oc(O)c2ccccc2c1N=Nc1ccccc1F. The standard InChI is InChI=1S/C15H9FN2O3/c16-11-7-3-4-8-12(11)17-18-13-9-5-1-2-6-10(9)14(19)21-15(13)20/h1-8,19H. The van der Waals surface area contributed by atoms with Crippen molar-refractivity contribution in [3.63, 3.8) is 0 Å². The van der Waals surface area contributed by atoms with E-state index >= 15 is 0 Å². The van der Waals surface area contributed by atoms with Gasteiger partial charge in [-0.25, -0.2) is 9.18 Å². The highest BCUT2D eigenvalue weighted by molar-refractivity contribution is 5.94. The van der Waals surface area contributed by atoms with Gasteiger partial charge in [0.15, 0.2) is 11.5 Å². The maximum Gasteiger partial charge on any atom is 0.367 e. The van der Waals surface area contributed by atoms with Crippen LogP contribution in [0.15, 0.2) is 68.0 Å². The predicted octanol–water partition coefficient (Wildman–Crippen LogP) is 4.05. The molecule has 1 heterocycles. The van der Waals surface area contributed by atoms with Crippen molar-refractivity contribution in [3.8, 4) is 5.95 Å². The molecule has 3 rings (SSSR count). The second-order valence-electron chi connectivity index (χ2n) is 4.24. The molecule has 0 unspecified atom stereocenters. The molecule has 3 aromatic rings. The van der Waals surface area contributed by atoms with Crippen molar-refractivity contribution in [1.29, 1.82) is 0 Å². The topological polar surface area (TPSA) is 75.2 Å². The number of azo groups is 1. The monoisotopic (exact) mass is 284 g/mol. The van der Waals surface area contributed by atoms with Gasteiger partial charge in [0.25, 0.3) is 5.95 Å². The van der Waals surface area contributed by atoms with Gasteiger partial charge < -0.3 is 9.52 Å². The van der Waals surface area contributed by atoms with Crippen LogP contribution in [0.4, 0.5) is 15.8 Å². The van der Waals surface area contributed by atoms with E-state index in [-0.39, 0.29) is 11.4 Å². The van der Waals surface area contributed by atoms with E-state index in [0.29, 0.717) is 10.8 Å². The van der Waals surface area contributed by atoms with E-state index in [1.165, 1.54) is 18.2 Å². The van der Waals surface area contributed by atoms with Gasteiger partial charge in [0.1, 0.15) is 5.69 Å². The van der Waals surface area contributed by atoms with Crippen LogP contribution in [0, 0.1) is 5.82 Å². The second-order valence-corrected chi connectivity index (χ2v) is 4.24. The molecule has 0 fully saturated rings. The lowest BCUT2D eigenvalue weighted by molar-refractivity contribution is 0.318. The Morgan fingerprint density at radius 1 is 0.952 bits per heavy atom. The van der Waals surface area contributed by atoms with E-state index in [2.05, 4.69) is 10.2 Å². The Hall–Kier alpha value is -3.02. The number of benzene rings is 2. The van der Waals surface area contributed by atoms with Crippen LogP contribution in [-0.2, 0) is 0 Å². The number of rotatable bonds is 2. The lowest BCUT2D eigenvalue weighted by Crippen LogP contribution is -1.98. The highest BCUT2D eigenvalue weighted by Crippen LogP contribution is 2.30. The summed E-state index contributed by atoms with van der Waals surface area (Å²) < 4.78 is 18.2. The van der Waals surface area contributed by atoms with Crippen molar-refractivity contribution in [2.24, 2.45) is 10.2 Å². The van der Waals surface area contributed by atoms with Gasteiger partial charge in [-0.2, -0.15) is 0 Å². The summed E-state index contributed by atoms with van der Waals surface area (Å²) in [5, 5.41) is 17.8. The van der Waals surface area contributed by atoms with E-state index in [9.17, 15) is 14.3 Å². The Bertz CT molecular complexity index is 903. The molecule has 0 radical (unpaired) electrons. The van der Waals surface area contributed by atoms with E-state index in [1.807, 2.05) is 0 Å². The molecule has 1 N–H and O–H groups in total. The molecule has 2 aromatic carbocycles. The molecule has 0 aliphatic carbocycles. The van der Waals surface area contributed by atoms with Crippen LogP contribution in [0.1, 0.15) is 0 Å². The van der Waals surface area contributed by atoms with Gasteiger partial charge in [0.2, 0.25) is 0 Å². The average molecular weight is 284 g/mol. The molecule has 0 atom stereocenters. The maximum absolute atomic E-state index is 13.5. The van der Waals surface area contributed by atoms with E-state index < -0.39 is 17.4 Å². The number of nitrogens with zero attached hydrogens (tertiary/aromatic N) is 2. The number of aromatic hydroxyl groups is 1. The van der Waals surface area contributed by atoms with Gasteiger partial charge >= 0.3 is 5.63 Å². The molecule has 5 nitrogen and oxygen atoms in total. The molecule has 21 heavy (non-hydrogen) atoms. The predicted molar refractivity (Wildman–Crippen MR) is 74.7 cm³/mol. The molecular weight excluding hydrogens is 275 g/mol. The van der Waals surface area contributed by atoms with Gasteiger partial charge in [0, 0.05) is 5.39 Å². The molecule has 0 spiro atoms. The van der Waals surface area contributed by atoms with E-state index in [1.54, 1.807) is 30.3 Å². The third-order valence-electron chi connectivity index (χ3n) is 2.91. The summed E-state index contributed by atoms with van der Waals surface area (Å²) in [5.41, 5.74) is -0.924. The van der Waals surface area contributed by atoms with Crippen LogP contribution in [0.3, 0.4) is 0 Å². The minimum absolute atomic E-state index is 0.00839. The Balaban J connectivity index is 2.18. The number of fused-ring (bicyclic) bond motifs is 1. The van der Waals surface area contributed by atoms with Crippen molar-refractivity contribution < 1.29 is 13.9 Å². The van der Waals surface area contributed by atoms with Crippen LogP contribution in [0.5, 0.6) is 5.95 Å². The minimum atomic E-state index is -0.841. The molecular formula is C15H9FN2O3. The maximum atomic E-state index is 13.5. The summed E-state index contributed by atoms with van der Waals surface area (Å²) in [6, 6.07) is 12.4. The van der Waals surface area contributed by atoms with E-state index in [0.717, 1.165) is 0 Å². The van der Waals surface area contributed by atoms with Crippen LogP contribution < -0.4 is 5.63 Å². The van der Waals surface area contributed by atoms with Gasteiger partial charge in [-0.3, -0.25) is 0 Å². The Labute approximate surface area is 118 Å². The normalized spacial score (nSPS) is 11.3. The summed E-state index contributed by atoms with van der Waals surface area (Å²) >= 11 is 0. The van der Waals surface area contributed by atoms with Crippen LogP contribution in [0.25, 0.3) is 10.8 Å². The summed E-state index contributed by atoms with van der Waals surface area (Å²) in [7, 11) is 0. The first-order valence-corrected chi connectivity index (χ1v) is 6.08. The number of hydrogen-bond donors (Lipinski definition) is 1. The van der Waals surface area contributed by atoms with Gasteiger partial charge in [-0.1, -0.05) is 30.3 Å². The fourth-order valence-corrected chi connectivity index (χ4v) is 1.91. The lowest BCUT2D eigenvalue weighted by atomic mass is 10.1. The first kappa shape index (κ1) is 13.0. The second kappa shape index (κ2) is 5.16. The molecule has 0 saturated carbocycles. The zero-order valence-electron chi connectivity index (χ0n) is 10.7. The fourth-order valence-electron chi connectivity index (χ4n) is 1.91. The largest absolute Gasteiger partial charge is 0.480 e. The van der Waals surface area contributed by atoms with Crippen LogP contribution >= 0.6 is 0 Å². The highest BCUT2D eigenvalue weighted by Gasteiger charge is 2.12. The molecule has 104 valence electrons. The Morgan fingerprint density at radius 3 is 2.38 bits per heavy atom. The van der Waals surface area contributed by atoms with Crippen molar-refractivity contribution in [1.82, 2.24) is 0 Å². The van der Waals surface area contributed by atoms with Gasteiger partial charge in [-0.05, 0) is 18.2 Å².